The fourth-order valence-corrected chi connectivity index (χ4v) is 2.15. The minimum atomic E-state index is 0.602. The lowest BCUT2D eigenvalue weighted by Gasteiger charge is -2.30. The van der Waals surface area contributed by atoms with Crippen LogP contribution in [0, 0.1) is 0 Å². The molecule has 0 aliphatic carbocycles. The van der Waals surface area contributed by atoms with Gasteiger partial charge in [0.05, 0.1) is 19.4 Å². The van der Waals surface area contributed by atoms with E-state index >= 15 is 0 Å². The maximum absolute atomic E-state index is 5.16. The molecule has 4 nitrogen and oxygen atoms in total. The highest BCUT2D eigenvalue weighted by molar-refractivity contribution is 4.61. The third kappa shape index (κ3) is 8.03. The maximum atomic E-state index is 5.16. The van der Waals surface area contributed by atoms with Gasteiger partial charge in [-0.25, -0.2) is 0 Å². The first-order valence-electron chi connectivity index (χ1n) is 7.15. The molecule has 0 radical (unpaired) electrons. The largest absolute Gasteiger partial charge is 0.379 e. The van der Waals surface area contributed by atoms with Gasteiger partial charge in [-0.1, -0.05) is 20.3 Å². The van der Waals surface area contributed by atoms with Crippen molar-refractivity contribution in [3.63, 3.8) is 0 Å². The Bertz CT molecular complexity index is 172. The molecule has 1 heterocycles. The molecule has 1 rings (SSSR count). The van der Waals surface area contributed by atoms with E-state index in [2.05, 4.69) is 56.7 Å². The molecule has 4 heteroatoms. The molecule has 0 spiro atoms. The average Bonchev–Trinajstić information content (AvgIpc) is 2.37. The van der Waals surface area contributed by atoms with Gasteiger partial charge < -0.3 is 4.74 Å². The summed E-state index contributed by atoms with van der Waals surface area (Å²) in [6.45, 7) is 9.67. The van der Waals surface area contributed by atoms with Gasteiger partial charge >= 0.3 is 0 Å². The number of hydrogen-bond donors (Lipinski definition) is 0. The highest BCUT2D eigenvalue weighted by Gasteiger charge is 2.10. The van der Waals surface area contributed by atoms with Crippen molar-refractivity contribution in [2.75, 3.05) is 61.0 Å². The van der Waals surface area contributed by atoms with Gasteiger partial charge in [-0.15, -0.1) is 0 Å². The normalized spacial score (nSPS) is 17.2. The van der Waals surface area contributed by atoms with Crippen molar-refractivity contribution in [2.45, 2.75) is 32.9 Å². The topological polar surface area (TPSA) is 19.0 Å². The summed E-state index contributed by atoms with van der Waals surface area (Å²) in [5.74, 6) is 0. The molecule has 1 aliphatic heterocycles. The van der Waals surface area contributed by atoms with E-state index in [1.807, 2.05) is 0 Å². The van der Waals surface area contributed by atoms with Gasteiger partial charge in [0.15, 0.2) is 0 Å². The zero-order valence-corrected chi connectivity index (χ0v) is 13.3. The van der Waals surface area contributed by atoms with Crippen LogP contribution in [0.4, 0.5) is 0 Å². The van der Waals surface area contributed by atoms with Crippen molar-refractivity contribution in [1.29, 1.82) is 0 Å². The zero-order valence-electron chi connectivity index (χ0n) is 13.3. The molecule has 1 aliphatic rings. The second kappa shape index (κ2) is 10.7. The average molecular weight is 259 g/mol. The van der Waals surface area contributed by atoms with Crippen LogP contribution in [0.3, 0.4) is 0 Å². The monoisotopic (exact) mass is 259 g/mol. The Labute approximate surface area is 114 Å². The van der Waals surface area contributed by atoms with Gasteiger partial charge in [-0.05, 0) is 41.2 Å². The second-order valence-electron chi connectivity index (χ2n) is 5.24. The first-order chi connectivity index (χ1) is 8.52. The third-order valence-corrected chi connectivity index (χ3v) is 3.29. The van der Waals surface area contributed by atoms with Crippen LogP contribution < -0.4 is 0 Å². The molecule has 0 atom stereocenters. The van der Waals surface area contributed by atoms with E-state index in [-0.39, 0.29) is 0 Å². The quantitative estimate of drug-likeness (QED) is 0.698. The molecule has 18 heavy (non-hydrogen) atoms. The minimum absolute atomic E-state index is 0.602. The third-order valence-electron chi connectivity index (χ3n) is 3.29. The fraction of sp³-hybridized carbons (Fsp3) is 1.00. The van der Waals surface area contributed by atoms with Crippen LogP contribution in [0.2, 0.25) is 0 Å². The minimum Gasteiger partial charge on any atom is -0.379 e. The van der Waals surface area contributed by atoms with Crippen molar-refractivity contribution < 1.29 is 4.74 Å². The lowest BCUT2D eigenvalue weighted by Crippen LogP contribution is -2.40. The van der Waals surface area contributed by atoms with Gasteiger partial charge in [0, 0.05) is 13.1 Å². The summed E-state index contributed by atoms with van der Waals surface area (Å²) in [6.07, 6.45) is 3.10. The number of likely N-dealkylation sites (N-methyl/N-ethyl adjacent to an activating group) is 1. The van der Waals surface area contributed by atoms with Crippen LogP contribution in [0.1, 0.15) is 26.7 Å². The van der Waals surface area contributed by atoms with E-state index in [1.54, 1.807) is 0 Å². The van der Waals surface area contributed by atoms with E-state index in [0.717, 1.165) is 26.3 Å². The Morgan fingerprint density at radius 1 is 1.00 bits per heavy atom. The summed E-state index contributed by atoms with van der Waals surface area (Å²) in [5.41, 5.74) is 0. The van der Waals surface area contributed by atoms with Crippen molar-refractivity contribution >= 4 is 0 Å². The maximum Gasteiger partial charge on any atom is 0.0612 e. The second-order valence-corrected chi connectivity index (χ2v) is 5.24. The molecule has 1 saturated heterocycles. The van der Waals surface area contributed by atoms with Crippen LogP contribution in [-0.4, -0.2) is 81.9 Å². The van der Waals surface area contributed by atoms with E-state index in [4.69, 9.17) is 4.74 Å². The summed E-state index contributed by atoms with van der Waals surface area (Å²) in [5, 5.41) is 0. The summed E-state index contributed by atoms with van der Waals surface area (Å²) in [4.78, 5) is 6.90. The summed E-state index contributed by atoms with van der Waals surface area (Å²) in [7, 11) is 8.50. The summed E-state index contributed by atoms with van der Waals surface area (Å²) < 4.78 is 5.16. The zero-order chi connectivity index (χ0) is 14.0. The Morgan fingerprint density at radius 2 is 1.50 bits per heavy atom. The van der Waals surface area contributed by atoms with Crippen molar-refractivity contribution in [3.8, 4) is 0 Å². The van der Waals surface area contributed by atoms with E-state index in [9.17, 15) is 0 Å². The highest BCUT2D eigenvalue weighted by atomic mass is 16.5. The van der Waals surface area contributed by atoms with Gasteiger partial charge in [0.2, 0.25) is 0 Å². The van der Waals surface area contributed by atoms with Crippen LogP contribution >= 0.6 is 0 Å². The molecule has 0 amide bonds. The Morgan fingerprint density at radius 3 is 1.72 bits per heavy atom. The first-order valence-corrected chi connectivity index (χ1v) is 7.15. The molecular weight excluding hydrogens is 226 g/mol. The number of ether oxygens (including phenoxy) is 1. The predicted octanol–water partition coefficient (Wildman–Crippen LogP) is 1.57. The van der Waals surface area contributed by atoms with E-state index < -0.39 is 0 Å². The number of morpholine rings is 1. The number of rotatable bonds is 5. The lowest BCUT2D eigenvalue weighted by atomic mass is 10.2. The van der Waals surface area contributed by atoms with Crippen LogP contribution in [-0.2, 0) is 4.74 Å². The van der Waals surface area contributed by atoms with E-state index in [1.165, 1.54) is 19.4 Å². The van der Waals surface area contributed by atoms with Crippen molar-refractivity contribution in [1.82, 2.24) is 14.7 Å². The molecule has 0 aromatic rings. The molecule has 0 aromatic carbocycles. The SMILES string of the molecule is CCCC(N(C)C)N(C)C.CCN1CCOCC1. The van der Waals surface area contributed by atoms with Gasteiger partial charge in [0.1, 0.15) is 0 Å². The van der Waals surface area contributed by atoms with Crippen molar-refractivity contribution in [2.24, 2.45) is 0 Å². The molecule has 110 valence electrons. The van der Waals surface area contributed by atoms with Crippen LogP contribution in [0.25, 0.3) is 0 Å². The van der Waals surface area contributed by atoms with E-state index in [0.29, 0.717) is 6.17 Å². The van der Waals surface area contributed by atoms with Crippen LogP contribution in [0.5, 0.6) is 0 Å². The molecule has 0 saturated carbocycles. The van der Waals surface area contributed by atoms with Crippen molar-refractivity contribution in [3.05, 3.63) is 0 Å². The van der Waals surface area contributed by atoms with Gasteiger partial charge in [-0.2, -0.15) is 0 Å². The molecule has 0 aromatic heterocycles. The lowest BCUT2D eigenvalue weighted by molar-refractivity contribution is 0.0405. The fourth-order valence-electron chi connectivity index (χ4n) is 2.15. The highest BCUT2D eigenvalue weighted by Crippen LogP contribution is 2.04. The molecule has 0 unspecified atom stereocenters. The van der Waals surface area contributed by atoms with Gasteiger partial charge in [-0.3, -0.25) is 14.7 Å². The number of nitrogens with zero attached hydrogens (tertiary/aromatic N) is 3. The standard InChI is InChI=1S/C8H20N2.C6H13NO/c1-6-7-8(9(2)3)10(4)5;1-2-7-3-5-8-6-4-7/h8H,6-7H2,1-5H3;2-6H2,1H3. The number of hydrogen-bond acceptors (Lipinski definition) is 4. The Kier molecular flexibility index (Phi) is 10.6. The predicted molar refractivity (Wildman–Crippen MR) is 79.0 cm³/mol. The van der Waals surface area contributed by atoms with Crippen LogP contribution in [0.15, 0.2) is 0 Å². The molecular formula is C14H33N3O. The Hall–Kier alpha value is -0.160. The molecule has 1 fully saturated rings. The van der Waals surface area contributed by atoms with Gasteiger partial charge in [0.25, 0.3) is 0 Å². The Balaban J connectivity index is 0.000000327. The summed E-state index contributed by atoms with van der Waals surface area (Å²) in [6, 6.07) is 0. The molecule has 0 bridgehead atoms. The summed E-state index contributed by atoms with van der Waals surface area (Å²) >= 11 is 0. The first kappa shape index (κ1) is 17.8. The smallest absolute Gasteiger partial charge is 0.0612 e. The molecule has 0 N–H and O–H groups in total.